The summed E-state index contributed by atoms with van der Waals surface area (Å²) in [6.45, 7) is 4.35. The van der Waals surface area contributed by atoms with Crippen LogP contribution in [0.4, 0.5) is 4.39 Å². The summed E-state index contributed by atoms with van der Waals surface area (Å²) < 4.78 is 15.4. The van der Waals surface area contributed by atoms with Crippen LogP contribution in [-0.4, -0.2) is 0 Å². The minimum Gasteiger partial charge on any atom is -0.206 e. The maximum absolute atomic E-state index is 15.4. The molecular formula is C32H39F. The Bertz CT molecular complexity index is 1050. The molecular weight excluding hydrogens is 403 g/mol. The second-order valence-electron chi connectivity index (χ2n) is 9.98. The summed E-state index contributed by atoms with van der Waals surface area (Å²) in [5.41, 5.74) is 4.35. The zero-order valence-electron chi connectivity index (χ0n) is 20.5. The van der Waals surface area contributed by atoms with Gasteiger partial charge in [-0.3, -0.25) is 0 Å². The van der Waals surface area contributed by atoms with Crippen molar-refractivity contribution in [3.05, 3.63) is 83.7 Å². The first-order valence-electron chi connectivity index (χ1n) is 13.1. The zero-order valence-corrected chi connectivity index (χ0v) is 20.5. The molecule has 0 bridgehead atoms. The Hall–Kier alpha value is -2.41. The molecule has 1 heteroatoms. The van der Waals surface area contributed by atoms with Crippen molar-refractivity contribution in [2.75, 3.05) is 0 Å². The largest absolute Gasteiger partial charge is 0.206 e. The first-order chi connectivity index (χ1) is 16.2. The highest BCUT2D eigenvalue weighted by molar-refractivity contribution is 5.88. The molecule has 0 saturated heterocycles. The summed E-state index contributed by atoms with van der Waals surface area (Å²) in [6.07, 6.45) is 17.1. The topological polar surface area (TPSA) is 0 Å². The molecule has 3 aromatic carbocycles. The van der Waals surface area contributed by atoms with Crippen LogP contribution in [0.15, 0.2) is 66.7 Å². The summed E-state index contributed by atoms with van der Waals surface area (Å²) in [5, 5.41) is 1.73. The summed E-state index contributed by atoms with van der Waals surface area (Å²) in [4.78, 5) is 0. The van der Waals surface area contributed by atoms with Crippen LogP contribution in [0.2, 0.25) is 0 Å². The summed E-state index contributed by atoms with van der Waals surface area (Å²) in [7, 11) is 0. The summed E-state index contributed by atoms with van der Waals surface area (Å²) >= 11 is 0. The first-order valence-corrected chi connectivity index (χ1v) is 13.1. The molecule has 1 aliphatic rings. The van der Waals surface area contributed by atoms with Gasteiger partial charge < -0.3 is 0 Å². The van der Waals surface area contributed by atoms with E-state index in [1.165, 1.54) is 62.5 Å². The van der Waals surface area contributed by atoms with Crippen molar-refractivity contribution in [1.29, 1.82) is 0 Å². The summed E-state index contributed by atoms with van der Waals surface area (Å²) in [5.74, 6) is 1.56. The van der Waals surface area contributed by atoms with Crippen molar-refractivity contribution in [1.82, 2.24) is 0 Å². The number of unbranched alkanes of at least 4 members (excludes halogenated alkanes) is 2. The quantitative estimate of drug-likeness (QED) is 0.228. The Morgan fingerprint density at radius 1 is 0.848 bits per heavy atom. The van der Waals surface area contributed by atoms with Gasteiger partial charge in [0.25, 0.3) is 0 Å². The Morgan fingerprint density at radius 3 is 2.33 bits per heavy atom. The lowest BCUT2D eigenvalue weighted by atomic mass is 9.79. The van der Waals surface area contributed by atoms with Gasteiger partial charge in [0.15, 0.2) is 0 Å². The molecule has 0 aromatic heterocycles. The van der Waals surface area contributed by atoms with Crippen LogP contribution in [0.1, 0.15) is 76.3 Å². The number of rotatable bonds is 9. The monoisotopic (exact) mass is 442 g/mol. The lowest BCUT2D eigenvalue weighted by Gasteiger charge is -2.26. The Balaban J connectivity index is 1.39. The Labute approximate surface area is 199 Å². The van der Waals surface area contributed by atoms with E-state index in [0.29, 0.717) is 5.56 Å². The third kappa shape index (κ3) is 6.14. The molecule has 1 saturated carbocycles. The van der Waals surface area contributed by atoms with E-state index in [1.54, 1.807) is 0 Å². The average Bonchev–Trinajstić information content (AvgIpc) is 2.85. The van der Waals surface area contributed by atoms with Gasteiger partial charge in [-0.1, -0.05) is 86.5 Å². The molecule has 0 aliphatic heterocycles. The van der Waals surface area contributed by atoms with Crippen LogP contribution in [0.3, 0.4) is 0 Å². The molecule has 4 rings (SSSR count). The highest BCUT2D eigenvalue weighted by atomic mass is 19.1. The van der Waals surface area contributed by atoms with Crippen LogP contribution in [0.25, 0.3) is 21.9 Å². The van der Waals surface area contributed by atoms with Crippen molar-refractivity contribution >= 4 is 10.8 Å². The SMILES string of the molecule is C/C=C/C1CCC(CCc2ccc(-c3ccc4cc(CCCCC)ccc4c3F)cc2)CC1. The van der Waals surface area contributed by atoms with Crippen molar-refractivity contribution in [2.24, 2.45) is 11.8 Å². The highest BCUT2D eigenvalue weighted by Crippen LogP contribution is 2.33. The summed E-state index contributed by atoms with van der Waals surface area (Å²) in [6, 6.07) is 18.8. The molecule has 0 nitrogen and oxygen atoms in total. The molecule has 33 heavy (non-hydrogen) atoms. The Morgan fingerprint density at radius 2 is 1.61 bits per heavy atom. The second kappa shape index (κ2) is 11.6. The van der Waals surface area contributed by atoms with Crippen LogP contribution >= 0.6 is 0 Å². The van der Waals surface area contributed by atoms with E-state index in [0.717, 1.165) is 41.0 Å². The smallest absolute Gasteiger partial charge is 0.138 e. The van der Waals surface area contributed by atoms with E-state index in [4.69, 9.17) is 0 Å². The fourth-order valence-corrected chi connectivity index (χ4v) is 5.46. The van der Waals surface area contributed by atoms with E-state index in [1.807, 2.05) is 12.1 Å². The fourth-order valence-electron chi connectivity index (χ4n) is 5.46. The molecule has 0 radical (unpaired) electrons. The van der Waals surface area contributed by atoms with Crippen LogP contribution in [0.5, 0.6) is 0 Å². The van der Waals surface area contributed by atoms with Crippen molar-refractivity contribution in [3.8, 4) is 11.1 Å². The lowest BCUT2D eigenvalue weighted by Crippen LogP contribution is -2.13. The van der Waals surface area contributed by atoms with Gasteiger partial charge in [0.1, 0.15) is 5.82 Å². The molecule has 1 aliphatic carbocycles. The molecule has 3 aromatic rings. The number of aryl methyl sites for hydroxylation is 2. The standard InChI is InChI=1S/C32H39F/c1-3-5-6-8-27-17-21-31-29(23-27)20-22-30(32(31)33)28-18-15-26(16-19-28)14-13-25-11-9-24(7-4-2)10-12-25/h4,7,15-25H,3,5-6,8-14H2,1-2H3/b7-4+. The number of hydrogen-bond donors (Lipinski definition) is 0. The maximum Gasteiger partial charge on any atom is 0.138 e. The average molecular weight is 443 g/mol. The predicted molar refractivity (Wildman–Crippen MR) is 141 cm³/mol. The zero-order chi connectivity index (χ0) is 23.0. The van der Waals surface area contributed by atoms with Crippen LogP contribution < -0.4 is 0 Å². The highest BCUT2D eigenvalue weighted by Gasteiger charge is 2.19. The normalized spacial score (nSPS) is 18.9. The predicted octanol–water partition coefficient (Wildman–Crippen LogP) is 9.69. The number of hydrogen-bond acceptors (Lipinski definition) is 0. The maximum atomic E-state index is 15.4. The van der Waals surface area contributed by atoms with Gasteiger partial charge in [-0.2, -0.15) is 0 Å². The van der Waals surface area contributed by atoms with Crippen molar-refractivity contribution in [3.63, 3.8) is 0 Å². The van der Waals surface area contributed by atoms with Crippen LogP contribution in [-0.2, 0) is 12.8 Å². The van der Waals surface area contributed by atoms with E-state index in [-0.39, 0.29) is 5.82 Å². The van der Waals surface area contributed by atoms with Gasteiger partial charge in [0.2, 0.25) is 0 Å². The van der Waals surface area contributed by atoms with Gasteiger partial charge in [-0.15, -0.1) is 0 Å². The fraction of sp³-hybridized carbons (Fsp3) is 0.438. The molecule has 0 heterocycles. The first kappa shape index (κ1) is 23.7. The van der Waals surface area contributed by atoms with Gasteiger partial charge in [0, 0.05) is 10.9 Å². The second-order valence-corrected chi connectivity index (χ2v) is 9.98. The molecule has 0 N–H and O–H groups in total. The molecule has 1 fully saturated rings. The van der Waals surface area contributed by atoms with E-state index < -0.39 is 0 Å². The third-order valence-corrected chi connectivity index (χ3v) is 7.55. The molecule has 0 unspecified atom stereocenters. The Kier molecular flexibility index (Phi) is 8.37. The van der Waals surface area contributed by atoms with Gasteiger partial charge in [-0.05, 0) is 92.2 Å². The van der Waals surface area contributed by atoms with E-state index in [9.17, 15) is 0 Å². The number of benzene rings is 3. The van der Waals surface area contributed by atoms with Crippen LogP contribution in [0, 0.1) is 17.7 Å². The number of halogens is 1. The van der Waals surface area contributed by atoms with E-state index in [2.05, 4.69) is 68.5 Å². The minimum absolute atomic E-state index is 0.0988. The number of allylic oxidation sites excluding steroid dienone is 2. The number of fused-ring (bicyclic) bond motifs is 1. The van der Waals surface area contributed by atoms with Crippen molar-refractivity contribution in [2.45, 2.75) is 78.1 Å². The molecule has 174 valence electrons. The van der Waals surface area contributed by atoms with Gasteiger partial charge >= 0.3 is 0 Å². The third-order valence-electron chi connectivity index (χ3n) is 7.55. The van der Waals surface area contributed by atoms with Gasteiger partial charge in [0.05, 0.1) is 0 Å². The van der Waals surface area contributed by atoms with E-state index >= 15 is 4.39 Å². The molecule has 0 atom stereocenters. The van der Waals surface area contributed by atoms with Crippen molar-refractivity contribution < 1.29 is 4.39 Å². The van der Waals surface area contributed by atoms with Gasteiger partial charge in [-0.25, -0.2) is 4.39 Å². The molecule has 0 amide bonds. The molecule has 0 spiro atoms. The lowest BCUT2D eigenvalue weighted by molar-refractivity contribution is 0.296. The minimum atomic E-state index is -0.0988.